The minimum atomic E-state index is 0.422. The van der Waals surface area contributed by atoms with E-state index in [2.05, 4.69) is 23.6 Å². The molecule has 0 spiro atoms. The molecule has 96 valence electrons. The quantitative estimate of drug-likeness (QED) is 0.699. The van der Waals surface area contributed by atoms with Crippen molar-refractivity contribution in [3.63, 3.8) is 0 Å². The molecule has 0 aromatic heterocycles. The molecule has 0 heterocycles. The highest BCUT2D eigenvalue weighted by molar-refractivity contribution is 6.30. The SMILES string of the molecule is COCCNCC(C)NCc1cccc(Cl)c1. The van der Waals surface area contributed by atoms with E-state index in [4.69, 9.17) is 16.3 Å². The predicted octanol–water partition coefficient (Wildman–Crippen LogP) is 2.05. The van der Waals surface area contributed by atoms with Crippen LogP contribution < -0.4 is 10.6 Å². The predicted molar refractivity (Wildman–Crippen MR) is 72.5 cm³/mol. The molecule has 1 atom stereocenters. The molecular formula is C13H21ClN2O. The normalized spacial score (nSPS) is 12.6. The van der Waals surface area contributed by atoms with Gasteiger partial charge in [-0.15, -0.1) is 0 Å². The van der Waals surface area contributed by atoms with Gasteiger partial charge in [0, 0.05) is 37.8 Å². The first kappa shape index (κ1) is 14.5. The lowest BCUT2D eigenvalue weighted by Crippen LogP contribution is -2.37. The molecule has 2 N–H and O–H groups in total. The van der Waals surface area contributed by atoms with Crippen molar-refractivity contribution in [2.75, 3.05) is 26.8 Å². The summed E-state index contributed by atoms with van der Waals surface area (Å²) in [6.07, 6.45) is 0. The maximum atomic E-state index is 5.92. The van der Waals surface area contributed by atoms with Gasteiger partial charge in [-0.2, -0.15) is 0 Å². The van der Waals surface area contributed by atoms with Crippen molar-refractivity contribution in [2.45, 2.75) is 19.5 Å². The first-order valence-corrected chi connectivity index (χ1v) is 6.27. The number of benzene rings is 1. The molecule has 4 heteroatoms. The number of methoxy groups -OCH3 is 1. The highest BCUT2D eigenvalue weighted by atomic mass is 35.5. The van der Waals surface area contributed by atoms with Gasteiger partial charge in [-0.25, -0.2) is 0 Å². The van der Waals surface area contributed by atoms with E-state index in [0.29, 0.717) is 6.04 Å². The fourth-order valence-corrected chi connectivity index (χ4v) is 1.72. The average Bonchev–Trinajstić information content (AvgIpc) is 2.32. The standard InChI is InChI=1S/C13H21ClN2O/c1-11(9-15-6-7-17-2)16-10-12-4-3-5-13(14)8-12/h3-5,8,11,15-16H,6-7,9-10H2,1-2H3. The Hall–Kier alpha value is -0.610. The van der Waals surface area contributed by atoms with Crippen LogP contribution in [0.2, 0.25) is 5.02 Å². The van der Waals surface area contributed by atoms with Crippen molar-refractivity contribution in [1.82, 2.24) is 10.6 Å². The Morgan fingerprint density at radius 2 is 2.24 bits per heavy atom. The summed E-state index contributed by atoms with van der Waals surface area (Å²) in [4.78, 5) is 0. The third-order valence-electron chi connectivity index (χ3n) is 2.48. The monoisotopic (exact) mass is 256 g/mol. The lowest BCUT2D eigenvalue weighted by atomic mass is 10.2. The fourth-order valence-electron chi connectivity index (χ4n) is 1.50. The molecule has 0 aliphatic rings. The zero-order valence-electron chi connectivity index (χ0n) is 10.5. The van der Waals surface area contributed by atoms with Gasteiger partial charge in [-0.3, -0.25) is 0 Å². The first-order chi connectivity index (χ1) is 8.22. The Balaban J connectivity index is 2.17. The molecule has 0 aliphatic carbocycles. The third kappa shape index (κ3) is 6.64. The van der Waals surface area contributed by atoms with E-state index in [0.717, 1.165) is 31.3 Å². The van der Waals surface area contributed by atoms with E-state index in [1.807, 2.05) is 18.2 Å². The van der Waals surface area contributed by atoms with Gasteiger partial charge in [-0.1, -0.05) is 23.7 Å². The largest absolute Gasteiger partial charge is 0.383 e. The van der Waals surface area contributed by atoms with Crippen molar-refractivity contribution in [3.05, 3.63) is 34.9 Å². The number of hydrogen-bond donors (Lipinski definition) is 2. The first-order valence-electron chi connectivity index (χ1n) is 5.90. The molecule has 1 aromatic carbocycles. The van der Waals surface area contributed by atoms with Crippen molar-refractivity contribution in [2.24, 2.45) is 0 Å². The number of rotatable bonds is 8. The van der Waals surface area contributed by atoms with E-state index in [9.17, 15) is 0 Å². The lowest BCUT2D eigenvalue weighted by Gasteiger charge is -2.14. The topological polar surface area (TPSA) is 33.3 Å². The highest BCUT2D eigenvalue weighted by Gasteiger charge is 2.01. The van der Waals surface area contributed by atoms with Crippen molar-refractivity contribution in [1.29, 1.82) is 0 Å². The fraction of sp³-hybridized carbons (Fsp3) is 0.538. The molecule has 0 fully saturated rings. The van der Waals surface area contributed by atoms with E-state index < -0.39 is 0 Å². The number of hydrogen-bond acceptors (Lipinski definition) is 3. The Labute approximate surface area is 109 Å². The molecule has 0 bridgehead atoms. The second-order valence-corrected chi connectivity index (χ2v) is 4.55. The van der Waals surface area contributed by atoms with Crippen LogP contribution in [0, 0.1) is 0 Å². The van der Waals surface area contributed by atoms with Crippen molar-refractivity contribution in [3.8, 4) is 0 Å². The molecule has 0 amide bonds. The summed E-state index contributed by atoms with van der Waals surface area (Å²) in [6, 6.07) is 8.34. The van der Waals surface area contributed by atoms with E-state index >= 15 is 0 Å². The minimum absolute atomic E-state index is 0.422. The van der Waals surface area contributed by atoms with E-state index in [-0.39, 0.29) is 0 Å². The van der Waals surface area contributed by atoms with Gasteiger partial charge >= 0.3 is 0 Å². The molecule has 1 unspecified atom stereocenters. The Morgan fingerprint density at radius 3 is 2.94 bits per heavy atom. The summed E-state index contributed by atoms with van der Waals surface area (Å²) < 4.78 is 4.97. The average molecular weight is 257 g/mol. The van der Waals surface area contributed by atoms with Crippen LogP contribution in [0.25, 0.3) is 0 Å². The molecule has 0 saturated carbocycles. The summed E-state index contributed by atoms with van der Waals surface area (Å²) in [5, 5.41) is 7.55. The molecule has 0 saturated heterocycles. The van der Waals surface area contributed by atoms with Crippen LogP contribution in [0.5, 0.6) is 0 Å². The molecule has 0 aliphatic heterocycles. The molecule has 1 rings (SSSR count). The van der Waals surface area contributed by atoms with Crippen LogP contribution in [0.3, 0.4) is 0 Å². The smallest absolute Gasteiger partial charge is 0.0587 e. The minimum Gasteiger partial charge on any atom is -0.383 e. The van der Waals surface area contributed by atoms with Crippen molar-refractivity contribution >= 4 is 11.6 Å². The molecule has 3 nitrogen and oxygen atoms in total. The van der Waals surface area contributed by atoms with Crippen LogP contribution in [0.1, 0.15) is 12.5 Å². The van der Waals surface area contributed by atoms with E-state index in [1.165, 1.54) is 5.56 Å². The summed E-state index contributed by atoms with van der Waals surface area (Å²) in [6.45, 7) is 5.57. The maximum absolute atomic E-state index is 5.92. The molecule has 17 heavy (non-hydrogen) atoms. The summed E-state index contributed by atoms with van der Waals surface area (Å²) in [7, 11) is 1.71. The third-order valence-corrected chi connectivity index (χ3v) is 2.71. The summed E-state index contributed by atoms with van der Waals surface area (Å²) in [5.74, 6) is 0. The lowest BCUT2D eigenvalue weighted by molar-refractivity contribution is 0.198. The van der Waals surface area contributed by atoms with Gasteiger partial charge in [0.15, 0.2) is 0 Å². The van der Waals surface area contributed by atoms with Gasteiger partial charge in [-0.05, 0) is 24.6 Å². The number of nitrogens with one attached hydrogen (secondary N) is 2. The van der Waals surface area contributed by atoms with Crippen LogP contribution >= 0.6 is 11.6 Å². The maximum Gasteiger partial charge on any atom is 0.0587 e. The second kappa shape index (κ2) is 8.48. The van der Waals surface area contributed by atoms with Gasteiger partial charge in [0.2, 0.25) is 0 Å². The second-order valence-electron chi connectivity index (χ2n) is 4.11. The molecular weight excluding hydrogens is 236 g/mol. The zero-order valence-corrected chi connectivity index (χ0v) is 11.3. The Morgan fingerprint density at radius 1 is 1.41 bits per heavy atom. The molecule has 1 aromatic rings. The Kier molecular flexibility index (Phi) is 7.21. The number of ether oxygens (including phenoxy) is 1. The zero-order chi connectivity index (χ0) is 12.5. The van der Waals surface area contributed by atoms with Gasteiger partial charge in [0.1, 0.15) is 0 Å². The number of halogens is 1. The van der Waals surface area contributed by atoms with Gasteiger partial charge in [0.25, 0.3) is 0 Å². The summed E-state index contributed by atoms with van der Waals surface area (Å²) >= 11 is 5.92. The van der Waals surface area contributed by atoms with Crippen LogP contribution in [0.15, 0.2) is 24.3 Å². The van der Waals surface area contributed by atoms with Crippen molar-refractivity contribution < 1.29 is 4.74 Å². The Bertz CT molecular complexity index is 320. The summed E-state index contributed by atoms with van der Waals surface area (Å²) in [5.41, 5.74) is 1.21. The van der Waals surface area contributed by atoms with Gasteiger partial charge < -0.3 is 15.4 Å². The van der Waals surface area contributed by atoms with Crippen LogP contribution in [0.4, 0.5) is 0 Å². The van der Waals surface area contributed by atoms with Crippen LogP contribution in [-0.2, 0) is 11.3 Å². The van der Waals surface area contributed by atoms with Crippen LogP contribution in [-0.4, -0.2) is 32.8 Å². The van der Waals surface area contributed by atoms with E-state index in [1.54, 1.807) is 7.11 Å². The van der Waals surface area contributed by atoms with Gasteiger partial charge in [0.05, 0.1) is 6.61 Å². The molecule has 0 radical (unpaired) electrons. The highest BCUT2D eigenvalue weighted by Crippen LogP contribution is 2.10.